The first-order chi connectivity index (χ1) is 8.97. The lowest BCUT2D eigenvalue weighted by Crippen LogP contribution is -2.02. The van der Waals surface area contributed by atoms with E-state index in [-0.39, 0.29) is 16.7 Å². The molecule has 6 heteroatoms. The molecule has 0 aliphatic carbocycles. The Kier molecular flexibility index (Phi) is 4.66. The number of rotatable bonds is 3. The second-order valence-corrected chi connectivity index (χ2v) is 5.53. The molecule has 0 unspecified atom stereocenters. The molecule has 0 amide bonds. The Labute approximate surface area is 127 Å². The standard InChI is InChI=1S/C13H8BrCl2F2N/c14-9-4-13(12(18)5-11(9)17)19-6-7-3-8(15)1-2-10(7)16/h1-5,19H,6H2. The van der Waals surface area contributed by atoms with Gasteiger partial charge in [-0.05, 0) is 45.8 Å². The lowest BCUT2D eigenvalue weighted by atomic mass is 10.2. The van der Waals surface area contributed by atoms with E-state index in [0.29, 0.717) is 10.0 Å². The fourth-order valence-electron chi connectivity index (χ4n) is 1.53. The van der Waals surface area contributed by atoms with Crippen LogP contribution in [0.2, 0.25) is 10.0 Å². The van der Waals surface area contributed by atoms with Crippen molar-refractivity contribution in [1.29, 1.82) is 0 Å². The zero-order chi connectivity index (χ0) is 14.0. The van der Waals surface area contributed by atoms with E-state index in [1.54, 1.807) is 18.2 Å². The maximum atomic E-state index is 13.5. The Hall–Kier alpha value is -0.840. The monoisotopic (exact) mass is 365 g/mol. The first-order valence-electron chi connectivity index (χ1n) is 5.29. The van der Waals surface area contributed by atoms with Gasteiger partial charge in [0.1, 0.15) is 11.6 Å². The zero-order valence-corrected chi connectivity index (χ0v) is 12.6. The number of hydrogen-bond acceptors (Lipinski definition) is 1. The molecule has 0 atom stereocenters. The van der Waals surface area contributed by atoms with Crippen molar-refractivity contribution in [2.45, 2.75) is 6.54 Å². The van der Waals surface area contributed by atoms with Crippen molar-refractivity contribution in [2.75, 3.05) is 5.32 Å². The van der Waals surface area contributed by atoms with Crippen LogP contribution in [0.4, 0.5) is 14.5 Å². The van der Waals surface area contributed by atoms with Gasteiger partial charge in [-0.2, -0.15) is 0 Å². The van der Waals surface area contributed by atoms with E-state index in [1.807, 2.05) is 0 Å². The van der Waals surface area contributed by atoms with Crippen LogP contribution in [0.1, 0.15) is 5.56 Å². The van der Waals surface area contributed by atoms with E-state index in [1.165, 1.54) is 6.07 Å². The first kappa shape index (κ1) is 14.6. The molecule has 0 saturated carbocycles. The summed E-state index contributed by atoms with van der Waals surface area (Å²) < 4.78 is 26.8. The van der Waals surface area contributed by atoms with Crippen molar-refractivity contribution >= 4 is 44.8 Å². The van der Waals surface area contributed by atoms with Crippen molar-refractivity contribution in [3.63, 3.8) is 0 Å². The topological polar surface area (TPSA) is 12.0 Å². The highest BCUT2D eigenvalue weighted by Gasteiger charge is 2.09. The highest BCUT2D eigenvalue weighted by atomic mass is 79.9. The van der Waals surface area contributed by atoms with E-state index in [4.69, 9.17) is 23.2 Å². The molecular formula is C13H8BrCl2F2N. The molecule has 2 rings (SSSR count). The zero-order valence-electron chi connectivity index (χ0n) is 9.48. The van der Waals surface area contributed by atoms with Crippen molar-refractivity contribution in [2.24, 2.45) is 0 Å². The van der Waals surface area contributed by atoms with Crippen LogP contribution in [-0.4, -0.2) is 0 Å². The second kappa shape index (κ2) is 6.07. The molecule has 0 bridgehead atoms. The van der Waals surface area contributed by atoms with Crippen LogP contribution in [0.15, 0.2) is 34.8 Å². The van der Waals surface area contributed by atoms with Gasteiger partial charge in [-0.25, -0.2) is 8.78 Å². The van der Waals surface area contributed by atoms with E-state index in [0.717, 1.165) is 11.6 Å². The number of benzene rings is 2. The van der Waals surface area contributed by atoms with E-state index < -0.39 is 11.6 Å². The SMILES string of the molecule is Fc1cc(F)c(NCc2cc(Cl)ccc2Cl)cc1Br. The van der Waals surface area contributed by atoms with Crippen LogP contribution >= 0.6 is 39.1 Å². The molecule has 0 aliphatic heterocycles. The third kappa shape index (κ3) is 3.59. The van der Waals surface area contributed by atoms with Gasteiger partial charge in [0.15, 0.2) is 0 Å². The molecule has 2 aromatic rings. The smallest absolute Gasteiger partial charge is 0.149 e. The predicted octanol–water partition coefficient (Wildman–Crippen LogP) is 5.65. The highest BCUT2D eigenvalue weighted by Crippen LogP contribution is 2.26. The Balaban J connectivity index is 2.19. The van der Waals surface area contributed by atoms with E-state index in [2.05, 4.69) is 21.2 Å². The molecule has 0 radical (unpaired) electrons. The van der Waals surface area contributed by atoms with Gasteiger partial charge in [-0.15, -0.1) is 0 Å². The third-order valence-corrected chi connectivity index (χ3v) is 3.70. The highest BCUT2D eigenvalue weighted by molar-refractivity contribution is 9.10. The van der Waals surface area contributed by atoms with E-state index in [9.17, 15) is 8.78 Å². The van der Waals surface area contributed by atoms with Gasteiger partial charge in [-0.3, -0.25) is 0 Å². The number of anilines is 1. The molecule has 0 aliphatic rings. The average Bonchev–Trinajstić information content (AvgIpc) is 2.36. The lowest BCUT2D eigenvalue weighted by molar-refractivity contribution is 0.580. The Morgan fingerprint density at radius 2 is 1.79 bits per heavy atom. The predicted molar refractivity (Wildman–Crippen MR) is 77.8 cm³/mol. The number of hydrogen-bond donors (Lipinski definition) is 1. The van der Waals surface area contributed by atoms with Gasteiger partial charge in [-0.1, -0.05) is 23.2 Å². The molecular weight excluding hydrogens is 359 g/mol. The third-order valence-electron chi connectivity index (χ3n) is 2.49. The molecule has 0 saturated heterocycles. The summed E-state index contributed by atoms with van der Waals surface area (Å²) in [7, 11) is 0. The minimum absolute atomic E-state index is 0.185. The fraction of sp³-hybridized carbons (Fsp3) is 0.0769. The molecule has 0 fully saturated rings. The Morgan fingerprint density at radius 1 is 1.05 bits per heavy atom. The summed E-state index contributed by atoms with van der Waals surface area (Å²) in [5.74, 6) is -1.32. The van der Waals surface area contributed by atoms with Gasteiger partial charge < -0.3 is 5.32 Å². The summed E-state index contributed by atoms with van der Waals surface area (Å²) in [5, 5.41) is 3.92. The summed E-state index contributed by atoms with van der Waals surface area (Å²) in [6.07, 6.45) is 0. The van der Waals surface area contributed by atoms with Crippen LogP contribution in [0.5, 0.6) is 0 Å². The summed E-state index contributed by atoms with van der Waals surface area (Å²) in [5.41, 5.74) is 0.915. The molecule has 19 heavy (non-hydrogen) atoms. The summed E-state index contributed by atoms with van der Waals surface area (Å²) in [4.78, 5) is 0. The van der Waals surface area contributed by atoms with Crippen LogP contribution in [0.25, 0.3) is 0 Å². The Morgan fingerprint density at radius 3 is 2.53 bits per heavy atom. The molecule has 100 valence electrons. The minimum atomic E-state index is -0.668. The van der Waals surface area contributed by atoms with Gasteiger partial charge >= 0.3 is 0 Å². The van der Waals surface area contributed by atoms with Crippen LogP contribution in [-0.2, 0) is 6.54 Å². The maximum Gasteiger partial charge on any atom is 0.149 e. The minimum Gasteiger partial charge on any atom is -0.379 e. The second-order valence-electron chi connectivity index (χ2n) is 3.84. The molecule has 0 aromatic heterocycles. The van der Waals surface area contributed by atoms with Crippen LogP contribution in [0.3, 0.4) is 0 Å². The van der Waals surface area contributed by atoms with E-state index >= 15 is 0 Å². The average molecular weight is 367 g/mol. The number of nitrogens with one attached hydrogen (secondary N) is 1. The lowest BCUT2D eigenvalue weighted by Gasteiger charge is -2.10. The number of halogens is 5. The van der Waals surface area contributed by atoms with Gasteiger partial charge in [0, 0.05) is 22.7 Å². The van der Waals surface area contributed by atoms with Crippen LogP contribution in [0, 0.1) is 11.6 Å². The van der Waals surface area contributed by atoms with Gasteiger partial charge in [0.25, 0.3) is 0 Å². The van der Waals surface area contributed by atoms with Crippen molar-refractivity contribution in [3.8, 4) is 0 Å². The van der Waals surface area contributed by atoms with Gasteiger partial charge in [0.2, 0.25) is 0 Å². The largest absolute Gasteiger partial charge is 0.379 e. The van der Waals surface area contributed by atoms with Crippen LogP contribution < -0.4 is 5.32 Å². The Bertz CT molecular complexity index is 620. The quantitative estimate of drug-likeness (QED) is 0.692. The fourth-order valence-corrected chi connectivity index (χ4v) is 2.25. The summed E-state index contributed by atoms with van der Waals surface area (Å²) in [6.45, 7) is 0.286. The molecule has 0 spiro atoms. The maximum absolute atomic E-state index is 13.5. The van der Waals surface area contributed by atoms with Crippen molar-refractivity contribution < 1.29 is 8.78 Å². The summed E-state index contributed by atoms with van der Waals surface area (Å²) >= 11 is 14.9. The normalized spacial score (nSPS) is 10.6. The van der Waals surface area contributed by atoms with Crippen molar-refractivity contribution in [1.82, 2.24) is 0 Å². The molecule has 0 heterocycles. The molecule has 1 N–H and O–H groups in total. The molecule has 1 nitrogen and oxygen atoms in total. The van der Waals surface area contributed by atoms with Gasteiger partial charge in [0.05, 0.1) is 10.2 Å². The van der Waals surface area contributed by atoms with Crippen molar-refractivity contribution in [3.05, 3.63) is 62.0 Å². The first-order valence-corrected chi connectivity index (χ1v) is 6.84. The summed E-state index contributed by atoms with van der Waals surface area (Å²) in [6, 6.07) is 7.17. The molecule has 2 aromatic carbocycles.